The first-order chi connectivity index (χ1) is 7.15. The number of amides is 1. The molecule has 2 N–H and O–H groups in total. The van der Waals surface area contributed by atoms with E-state index in [-0.39, 0.29) is 11.9 Å². The van der Waals surface area contributed by atoms with Crippen molar-refractivity contribution in [3.63, 3.8) is 0 Å². The van der Waals surface area contributed by atoms with Gasteiger partial charge in [-0.25, -0.2) is 0 Å². The first-order valence-corrected chi connectivity index (χ1v) is 6.16. The highest BCUT2D eigenvalue weighted by molar-refractivity contribution is 5.81. The Hall–Kier alpha value is -0.570. The van der Waals surface area contributed by atoms with Gasteiger partial charge in [0.15, 0.2) is 0 Å². The van der Waals surface area contributed by atoms with Gasteiger partial charge in [-0.3, -0.25) is 4.79 Å². The van der Waals surface area contributed by atoms with Gasteiger partial charge in [0.2, 0.25) is 5.91 Å². The number of rotatable bonds is 8. The molecular formula is C12H26N2O. The molecule has 90 valence electrons. The van der Waals surface area contributed by atoms with Gasteiger partial charge in [-0.05, 0) is 25.8 Å². The van der Waals surface area contributed by atoms with Crippen molar-refractivity contribution < 1.29 is 4.79 Å². The Morgan fingerprint density at radius 2 is 1.80 bits per heavy atom. The van der Waals surface area contributed by atoms with Crippen molar-refractivity contribution in [2.24, 2.45) is 5.92 Å². The van der Waals surface area contributed by atoms with Crippen molar-refractivity contribution in [2.45, 2.75) is 53.0 Å². The molecule has 3 heteroatoms. The summed E-state index contributed by atoms with van der Waals surface area (Å²) in [4.78, 5) is 11.5. The summed E-state index contributed by atoms with van der Waals surface area (Å²) in [5.41, 5.74) is 0. The molecule has 15 heavy (non-hydrogen) atoms. The van der Waals surface area contributed by atoms with E-state index in [1.165, 1.54) is 12.8 Å². The second kappa shape index (κ2) is 8.72. The molecule has 1 atom stereocenters. The molecule has 0 aromatic carbocycles. The Morgan fingerprint density at radius 1 is 1.20 bits per heavy atom. The lowest BCUT2D eigenvalue weighted by Crippen LogP contribution is -2.43. The van der Waals surface area contributed by atoms with Gasteiger partial charge in [0.25, 0.3) is 0 Å². The Balaban J connectivity index is 3.71. The Labute approximate surface area is 94.0 Å². The minimum absolute atomic E-state index is 0.0721. The molecule has 0 fully saturated rings. The van der Waals surface area contributed by atoms with E-state index in [9.17, 15) is 4.79 Å². The van der Waals surface area contributed by atoms with Gasteiger partial charge in [-0.2, -0.15) is 0 Å². The minimum Gasteiger partial charge on any atom is -0.355 e. The third kappa shape index (κ3) is 6.50. The fourth-order valence-corrected chi connectivity index (χ4v) is 1.41. The van der Waals surface area contributed by atoms with Crippen LogP contribution in [0.25, 0.3) is 0 Å². The van der Waals surface area contributed by atoms with E-state index in [0.29, 0.717) is 5.92 Å². The molecule has 1 amide bonds. The zero-order valence-electron chi connectivity index (χ0n) is 10.6. The molecule has 0 saturated heterocycles. The van der Waals surface area contributed by atoms with Crippen LogP contribution in [0.4, 0.5) is 0 Å². The van der Waals surface area contributed by atoms with E-state index in [4.69, 9.17) is 0 Å². The van der Waals surface area contributed by atoms with Gasteiger partial charge in [0, 0.05) is 6.54 Å². The zero-order chi connectivity index (χ0) is 11.7. The molecular weight excluding hydrogens is 188 g/mol. The topological polar surface area (TPSA) is 41.1 Å². The van der Waals surface area contributed by atoms with Gasteiger partial charge in [0.05, 0.1) is 6.04 Å². The van der Waals surface area contributed by atoms with Crippen molar-refractivity contribution >= 4 is 5.91 Å². The van der Waals surface area contributed by atoms with Crippen LogP contribution in [0.1, 0.15) is 47.0 Å². The third-order valence-electron chi connectivity index (χ3n) is 2.81. The van der Waals surface area contributed by atoms with Gasteiger partial charge in [-0.1, -0.05) is 33.6 Å². The fourth-order valence-electron chi connectivity index (χ4n) is 1.41. The van der Waals surface area contributed by atoms with Crippen LogP contribution in [-0.4, -0.2) is 25.0 Å². The average Bonchev–Trinajstić information content (AvgIpc) is 2.26. The van der Waals surface area contributed by atoms with Crippen molar-refractivity contribution in [3.8, 4) is 0 Å². The van der Waals surface area contributed by atoms with Crippen LogP contribution in [0.5, 0.6) is 0 Å². The van der Waals surface area contributed by atoms with E-state index >= 15 is 0 Å². The van der Waals surface area contributed by atoms with Crippen LogP contribution in [0.15, 0.2) is 0 Å². The monoisotopic (exact) mass is 214 g/mol. The maximum Gasteiger partial charge on any atom is 0.236 e. The summed E-state index contributed by atoms with van der Waals surface area (Å²) in [6.07, 6.45) is 3.34. The van der Waals surface area contributed by atoms with Crippen LogP contribution < -0.4 is 10.6 Å². The predicted octanol–water partition coefficient (Wildman–Crippen LogP) is 1.93. The van der Waals surface area contributed by atoms with Crippen molar-refractivity contribution in [1.82, 2.24) is 10.6 Å². The smallest absolute Gasteiger partial charge is 0.236 e. The lowest BCUT2D eigenvalue weighted by molar-refractivity contribution is -0.122. The third-order valence-corrected chi connectivity index (χ3v) is 2.81. The zero-order valence-corrected chi connectivity index (χ0v) is 10.6. The summed E-state index contributed by atoms with van der Waals surface area (Å²) in [7, 11) is 0. The second-order valence-corrected chi connectivity index (χ2v) is 4.10. The quantitative estimate of drug-likeness (QED) is 0.648. The van der Waals surface area contributed by atoms with E-state index in [1.807, 2.05) is 6.92 Å². The molecule has 1 unspecified atom stereocenters. The van der Waals surface area contributed by atoms with E-state index in [1.54, 1.807) is 0 Å². The Morgan fingerprint density at radius 3 is 2.27 bits per heavy atom. The molecule has 0 heterocycles. The lowest BCUT2D eigenvalue weighted by atomic mass is 10.0. The number of hydrogen-bond acceptors (Lipinski definition) is 2. The molecule has 0 aliphatic carbocycles. The van der Waals surface area contributed by atoms with E-state index in [0.717, 1.165) is 19.5 Å². The maximum absolute atomic E-state index is 11.5. The van der Waals surface area contributed by atoms with E-state index < -0.39 is 0 Å². The standard InChI is InChI=1S/C12H26N2O/c1-5-8-13-12(15)10(4)14-9-11(6-2)7-3/h10-11,14H,5-9H2,1-4H3,(H,13,15). The average molecular weight is 214 g/mol. The minimum atomic E-state index is -0.0721. The number of nitrogens with one attached hydrogen (secondary N) is 2. The molecule has 0 aromatic rings. The summed E-state index contributed by atoms with van der Waals surface area (Å²) >= 11 is 0. The first-order valence-electron chi connectivity index (χ1n) is 6.16. The van der Waals surface area contributed by atoms with Gasteiger partial charge < -0.3 is 10.6 Å². The normalized spacial score (nSPS) is 12.9. The Kier molecular flexibility index (Phi) is 8.38. The SMILES string of the molecule is CCCNC(=O)C(C)NCC(CC)CC. The number of carbonyl (C=O) groups is 1. The van der Waals surface area contributed by atoms with Gasteiger partial charge in [-0.15, -0.1) is 0 Å². The lowest BCUT2D eigenvalue weighted by Gasteiger charge is -2.18. The predicted molar refractivity (Wildman–Crippen MR) is 64.8 cm³/mol. The molecule has 0 bridgehead atoms. The highest BCUT2D eigenvalue weighted by atomic mass is 16.2. The molecule has 0 saturated carbocycles. The van der Waals surface area contributed by atoms with Crippen LogP contribution in [0, 0.1) is 5.92 Å². The van der Waals surface area contributed by atoms with Crippen LogP contribution in [0.3, 0.4) is 0 Å². The Bertz CT molecular complexity index is 167. The molecule has 0 aromatic heterocycles. The summed E-state index contributed by atoms with van der Waals surface area (Å²) in [6, 6.07) is -0.0721. The summed E-state index contributed by atoms with van der Waals surface area (Å²) in [5.74, 6) is 0.800. The summed E-state index contributed by atoms with van der Waals surface area (Å²) in [5, 5.41) is 6.17. The molecule has 0 aliphatic rings. The molecule has 0 radical (unpaired) electrons. The highest BCUT2D eigenvalue weighted by Crippen LogP contribution is 2.05. The van der Waals surface area contributed by atoms with Crippen molar-refractivity contribution in [1.29, 1.82) is 0 Å². The highest BCUT2D eigenvalue weighted by Gasteiger charge is 2.12. The molecule has 0 aliphatic heterocycles. The molecule has 0 rings (SSSR count). The molecule has 0 spiro atoms. The second-order valence-electron chi connectivity index (χ2n) is 4.10. The van der Waals surface area contributed by atoms with Crippen molar-refractivity contribution in [2.75, 3.05) is 13.1 Å². The van der Waals surface area contributed by atoms with Crippen LogP contribution in [-0.2, 0) is 4.79 Å². The number of hydrogen-bond donors (Lipinski definition) is 2. The van der Waals surface area contributed by atoms with Gasteiger partial charge in [0.1, 0.15) is 0 Å². The largest absolute Gasteiger partial charge is 0.355 e. The number of carbonyl (C=O) groups excluding carboxylic acids is 1. The maximum atomic E-state index is 11.5. The fraction of sp³-hybridized carbons (Fsp3) is 0.917. The van der Waals surface area contributed by atoms with Crippen molar-refractivity contribution in [3.05, 3.63) is 0 Å². The summed E-state index contributed by atoms with van der Waals surface area (Å²) < 4.78 is 0. The molecule has 3 nitrogen and oxygen atoms in total. The summed E-state index contributed by atoms with van der Waals surface area (Å²) in [6.45, 7) is 10.1. The van der Waals surface area contributed by atoms with Crippen LogP contribution >= 0.6 is 0 Å². The van der Waals surface area contributed by atoms with Crippen LogP contribution in [0.2, 0.25) is 0 Å². The van der Waals surface area contributed by atoms with E-state index in [2.05, 4.69) is 31.4 Å². The first kappa shape index (κ1) is 14.4. The van der Waals surface area contributed by atoms with Gasteiger partial charge >= 0.3 is 0 Å².